The molecule has 0 saturated carbocycles. The second-order valence-electron chi connectivity index (χ2n) is 6.96. The number of rotatable bonds is 6. The molecule has 1 atom stereocenters. The van der Waals surface area contributed by atoms with E-state index < -0.39 is 0 Å². The van der Waals surface area contributed by atoms with Gasteiger partial charge in [0, 0.05) is 50.2 Å². The van der Waals surface area contributed by atoms with Crippen LogP contribution in [-0.2, 0) is 16.1 Å². The quantitative estimate of drug-likeness (QED) is 0.788. The number of morpholine rings is 1. The molecule has 2 aromatic heterocycles. The minimum absolute atomic E-state index is 0.0416. The maximum absolute atomic E-state index is 12.5. The van der Waals surface area contributed by atoms with Gasteiger partial charge in [-0.1, -0.05) is 5.16 Å². The summed E-state index contributed by atoms with van der Waals surface area (Å²) in [7, 11) is 1.78. The highest BCUT2D eigenvalue weighted by Gasteiger charge is 2.25. The molecule has 1 saturated heterocycles. The topological polar surface area (TPSA) is 71.7 Å². The van der Waals surface area contributed by atoms with Crippen LogP contribution >= 0.6 is 0 Å². The van der Waals surface area contributed by atoms with E-state index in [-0.39, 0.29) is 12.0 Å². The number of hydrogen-bond donors (Lipinski definition) is 0. The lowest BCUT2D eigenvalue weighted by Crippen LogP contribution is -2.47. The fourth-order valence-corrected chi connectivity index (χ4v) is 3.05. The van der Waals surface area contributed by atoms with Crippen molar-refractivity contribution in [2.24, 2.45) is 0 Å². The van der Waals surface area contributed by atoms with Crippen molar-refractivity contribution in [3.63, 3.8) is 0 Å². The van der Waals surface area contributed by atoms with Crippen LogP contribution in [-0.4, -0.2) is 64.7 Å². The molecule has 0 aromatic carbocycles. The van der Waals surface area contributed by atoms with Crippen LogP contribution in [0.1, 0.15) is 26.0 Å². The second-order valence-corrected chi connectivity index (χ2v) is 6.96. The molecule has 7 nitrogen and oxygen atoms in total. The van der Waals surface area contributed by atoms with Gasteiger partial charge in [-0.2, -0.15) is 0 Å². The zero-order valence-corrected chi connectivity index (χ0v) is 15.6. The molecule has 1 fully saturated rings. The minimum atomic E-state index is -0.0539. The van der Waals surface area contributed by atoms with Crippen molar-refractivity contribution in [3.05, 3.63) is 36.4 Å². The minimum Gasteiger partial charge on any atom is -0.375 e. The van der Waals surface area contributed by atoms with Crippen molar-refractivity contribution in [2.75, 3.05) is 26.7 Å². The summed E-state index contributed by atoms with van der Waals surface area (Å²) in [6, 6.07) is 6.08. The van der Waals surface area contributed by atoms with E-state index in [9.17, 15) is 4.79 Å². The number of carbonyl (C=O) groups is 1. The Morgan fingerprint density at radius 1 is 1.46 bits per heavy atom. The average molecular weight is 358 g/mol. The van der Waals surface area contributed by atoms with Crippen LogP contribution in [0.4, 0.5) is 0 Å². The molecule has 0 N–H and O–H groups in total. The van der Waals surface area contributed by atoms with Gasteiger partial charge in [-0.25, -0.2) is 0 Å². The number of amides is 1. The van der Waals surface area contributed by atoms with Crippen LogP contribution in [0.5, 0.6) is 0 Å². The van der Waals surface area contributed by atoms with Crippen molar-refractivity contribution >= 4 is 5.91 Å². The van der Waals surface area contributed by atoms with E-state index in [0.717, 1.165) is 24.3 Å². The summed E-state index contributed by atoms with van der Waals surface area (Å²) in [6.45, 7) is 7.11. The summed E-state index contributed by atoms with van der Waals surface area (Å²) < 4.78 is 11.1. The Labute approximate surface area is 153 Å². The smallest absolute Gasteiger partial charge is 0.225 e. The molecular weight excluding hydrogens is 332 g/mol. The summed E-state index contributed by atoms with van der Waals surface area (Å²) in [5.74, 6) is 0.688. The highest BCUT2D eigenvalue weighted by Crippen LogP contribution is 2.19. The van der Waals surface area contributed by atoms with E-state index in [2.05, 4.69) is 28.9 Å². The second kappa shape index (κ2) is 8.42. The number of carbonyl (C=O) groups excluding carboxylic acids is 1. The Morgan fingerprint density at radius 2 is 2.31 bits per heavy atom. The zero-order valence-electron chi connectivity index (χ0n) is 15.6. The van der Waals surface area contributed by atoms with Crippen molar-refractivity contribution in [3.8, 4) is 11.3 Å². The van der Waals surface area contributed by atoms with Gasteiger partial charge in [-0.05, 0) is 26.0 Å². The lowest BCUT2D eigenvalue weighted by Gasteiger charge is -2.35. The standard InChI is InChI=1S/C19H26N4O3/c1-14(2)23-7-8-25-16(13-23)10-19(24)22(3)12-17-9-18(21-26-17)15-5-4-6-20-11-15/h4-6,9,11,14,16H,7-8,10,12-13H2,1-3H3. The van der Waals surface area contributed by atoms with Gasteiger partial charge in [0.1, 0.15) is 5.69 Å². The molecule has 0 aliphatic carbocycles. The lowest BCUT2D eigenvalue weighted by atomic mass is 10.1. The monoisotopic (exact) mass is 358 g/mol. The van der Waals surface area contributed by atoms with Gasteiger partial charge in [-0.15, -0.1) is 0 Å². The molecular formula is C19H26N4O3. The largest absolute Gasteiger partial charge is 0.375 e. The van der Waals surface area contributed by atoms with E-state index in [0.29, 0.717) is 31.4 Å². The molecule has 1 aliphatic rings. The maximum atomic E-state index is 12.5. The highest BCUT2D eigenvalue weighted by molar-refractivity contribution is 5.76. The third-order valence-electron chi connectivity index (χ3n) is 4.64. The highest BCUT2D eigenvalue weighted by atomic mass is 16.5. The van der Waals surface area contributed by atoms with E-state index >= 15 is 0 Å². The molecule has 26 heavy (non-hydrogen) atoms. The molecule has 3 rings (SSSR count). The van der Waals surface area contributed by atoms with E-state index in [1.165, 1.54) is 0 Å². The fraction of sp³-hybridized carbons (Fsp3) is 0.526. The first-order chi connectivity index (χ1) is 12.5. The van der Waals surface area contributed by atoms with Crippen molar-refractivity contribution in [1.29, 1.82) is 0 Å². The number of hydrogen-bond acceptors (Lipinski definition) is 6. The van der Waals surface area contributed by atoms with Crippen LogP contribution in [0.25, 0.3) is 11.3 Å². The SMILES string of the molecule is CC(C)N1CCOC(CC(=O)N(C)Cc2cc(-c3cccnc3)no2)C1. The summed E-state index contributed by atoms with van der Waals surface area (Å²) in [5.41, 5.74) is 1.61. The molecule has 140 valence electrons. The normalized spacial score (nSPS) is 18.2. The summed E-state index contributed by atoms with van der Waals surface area (Å²) in [6.07, 6.45) is 3.77. The predicted molar refractivity (Wildman–Crippen MR) is 97.3 cm³/mol. The lowest BCUT2D eigenvalue weighted by molar-refractivity contribution is -0.136. The number of nitrogens with zero attached hydrogens (tertiary/aromatic N) is 4. The van der Waals surface area contributed by atoms with Gasteiger partial charge in [0.15, 0.2) is 5.76 Å². The first kappa shape index (κ1) is 18.5. The molecule has 1 amide bonds. The van der Waals surface area contributed by atoms with Crippen LogP contribution in [0.2, 0.25) is 0 Å². The number of ether oxygens (including phenoxy) is 1. The third-order valence-corrected chi connectivity index (χ3v) is 4.64. The van der Waals surface area contributed by atoms with Crippen LogP contribution in [0, 0.1) is 0 Å². The molecule has 0 bridgehead atoms. The summed E-state index contributed by atoms with van der Waals surface area (Å²) >= 11 is 0. The van der Waals surface area contributed by atoms with Crippen LogP contribution in [0.3, 0.4) is 0 Å². The van der Waals surface area contributed by atoms with Gasteiger partial charge in [0.25, 0.3) is 0 Å². The predicted octanol–water partition coefficient (Wildman–Crippen LogP) is 2.19. The van der Waals surface area contributed by atoms with Crippen molar-refractivity contribution in [1.82, 2.24) is 19.9 Å². The van der Waals surface area contributed by atoms with Gasteiger partial charge in [0.05, 0.1) is 25.7 Å². The Morgan fingerprint density at radius 3 is 3.04 bits per heavy atom. The molecule has 0 radical (unpaired) electrons. The molecule has 3 heterocycles. The van der Waals surface area contributed by atoms with Gasteiger partial charge >= 0.3 is 0 Å². The van der Waals surface area contributed by atoms with Gasteiger partial charge < -0.3 is 14.2 Å². The Bertz CT molecular complexity index is 717. The average Bonchev–Trinajstić information content (AvgIpc) is 3.11. The summed E-state index contributed by atoms with van der Waals surface area (Å²) in [5, 5.41) is 4.06. The molecule has 2 aromatic rings. The molecule has 1 unspecified atom stereocenters. The summed E-state index contributed by atoms with van der Waals surface area (Å²) in [4.78, 5) is 20.6. The number of pyridine rings is 1. The Hall–Kier alpha value is -2.25. The Balaban J connectivity index is 1.54. The third kappa shape index (κ3) is 4.68. The molecule has 0 spiro atoms. The first-order valence-electron chi connectivity index (χ1n) is 8.98. The van der Waals surface area contributed by atoms with Gasteiger partial charge in [0.2, 0.25) is 5.91 Å². The van der Waals surface area contributed by atoms with Crippen molar-refractivity contribution < 1.29 is 14.1 Å². The van der Waals surface area contributed by atoms with E-state index in [4.69, 9.17) is 9.26 Å². The molecule has 7 heteroatoms. The van der Waals surface area contributed by atoms with Gasteiger partial charge in [-0.3, -0.25) is 14.7 Å². The Kier molecular flexibility index (Phi) is 6.00. The molecule has 1 aliphatic heterocycles. The number of aromatic nitrogens is 2. The van der Waals surface area contributed by atoms with Crippen LogP contribution in [0.15, 0.2) is 35.1 Å². The maximum Gasteiger partial charge on any atom is 0.225 e. The van der Waals surface area contributed by atoms with Crippen LogP contribution < -0.4 is 0 Å². The van der Waals surface area contributed by atoms with Crippen molar-refractivity contribution in [2.45, 2.75) is 39.0 Å². The fourth-order valence-electron chi connectivity index (χ4n) is 3.05. The van der Waals surface area contributed by atoms with E-state index in [1.807, 2.05) is 18.2 Å². The zero-order chi connectivity index (χ0) is 18.5. The van der Waals surface area contributed by atoms with E-state index in [1.54, 1.807) is 24.3 Å². The first-order valence-corrected chi connectivity index (χ1v) is 8.98.